The molecular weight excluding hydrogens is 300 g/mol. The minimum atomic E-state index is -0.362. The zero-order valence-electron chi connectivity index (χ0n) is 10.1. The van der Waals surface area contributed by atoms with Crippen molar-refractivity contribution in [1.82, 2.24) is 10.3 Å². The van der Waals surface area contributed by atoms with Gasteiger partial charge in [-0.3, -0.25) is 4.79 Å². The van der Waals surface area contributed by atoms with Crippen molar-refractivity contribution < 1.29 is 14.6 Å². The van der Waals surface area contributed by atoms with Crippen LogP contribution in [0.5, 0.6) is 11.5 Å². The molecule has 2 N–H and O–H groups in total. The van der Waals surface area contributed by atoms with Gasteiger partial charge in [-0.25, -0.2) is 4.98 Å². The van der Waals surface area contributed by atoms with Crippen molar-refractivity contribution >= 4 is 21.8 Å². The normalized spacial score (nSPS) is 15.7. The van der Waals surface area contributed by atoms with E-state index in [0.717, 1.165) is 25.7 Å². The molecule has 2 rings (SSSR count). The molecule has 0 aliphatic heterocycles. The lowest BCUT2D eigenvalue weighted by molar-refractivity contribution is 0.0929. The maximum Gasteiger partial charge on any atom is 0.274 e. The highest BCUT2D eigenvalue weighted by molar-refractivity contribution is 9.10. The summed E-state index contributed by atoms with van der Waals surface area (Å²) in [5.74, 6) is -0.358. The van der Waals surface area contributed by atoms with Crippen molar-refractivity contribution in [1.29, 1.82) is 0 Å². The third kappa shape index (κ3) is 2.75. The highest BCUT2D eigenvalue weighted by atomic mass is 79.9. The van der Waals surface area contributed by atoms with Crippen molar-refractivity contribution in [3.05, 3.63) is 16.4 Å². The molecule has 1 saturated carbocycles. The SMILES string of the molecule is COc1cc(Br)nc(C(=O)NC2CCCC2)c1O. The van der Waals surface area contributed by atoms with Gasteiger partial charge in [-0.2, -0.15) is 0 Å². The fourth-order valence-corrected chi connectivity index (χ4v) is 2.51. The average Bonchev–Trinajstić information content (AvgIpc) is 2.84. The molecule has 98 valence electrons. The number of methoxy groups -OCH3 is 1. The molecule has 6 heteroatoms. The topological polar surface area (TPSA) is 71.5 Å². The van der Waals surface area contributed by atoms with Gasteiger partial charge < -0.3 is 15.2 Å². The minimum Gasteiger partial charge on any atom is -0.503 e. The fraction of sp³-hybridized carbons (Fsp3) is 0.500. The van der Waals surface area contributed by atoms with Crippen LogP contribution in [-0.4, -0.2) is 29.1 Å². The quantitative estimate of drug-likeness (QED) is 0.839. The van der Waals surface area contributed by atoms with Gasteiger partial charge in [0.2, 0.25) is 0 Å². The molecule has 5 nitrogen and oxygen atoms in total. The van der Waals surface area contributed by atoms with E-state index in [4.69, 9.17) is 4.74 Å². The number of amides is 1. The molecule has 0 atom stereocenters. The van der Waals surface area contributed by atoms with E-state index in [-0.39, 0.29) is 29.1 Å². The van der Waals surface area contributed by atoms with Gasteiger partial charge in [-0.15, -0.1) is 0 Å². The van der Waals surface area contributed by atoms with Gasteiger partial charge in [0.1, 0.15) is 4.60 Å². The smallest absolute Gasteiger partial charge is 0.274 e. The van der Waals surface area contributed by atoms with Crippen LogP contribution in [0.15, 0.2) is 10.7 Å². The molecule has 1 heterocycles. The van der Waals surface area contributed by atoms with Gasteiger partial charge >= 0.3 is 0 Å². The number of hydrogen-bond acceptors (Lipinski definition) is 4. The summed E-state index contributed by atoms with van der Waals surface area (Å²) in [5.41, 5.74) is -0.00637. The van der Waals surface area contributed by atoms with Gasteiger partial charge in [0.15, 0.2) is 17.2 Å². The van der Waals surface area contributed by atoms with Crippen LogP contribution in [0.4, 0.5) is 0 Å². The summed E-state index contributed by atoms with van der Waals surface area (Å²) >= 11 is 3.19. The summed E-state index contributed by atoms with van der Waals surface area (Å²) in [6.45, 7) is 0. The highest BCUT2D eigenvalue weighted by Crippen LogP contribution is 2.31. The van der Waals surface area contributed by atoms with Crippen LogP contribution < -0.4 is 10.1 Å². The van der Waals surface area contributed by atoms with Crippen molar-refractivity contribution in [3.63, 3.8) is 0 Å². The summed E-state index contributed by atoms with van der Waals surface area (Å²) in [5, 5.41) is 12.8. The largest absolute Gasteiger partial charge is 0.503 e. The summed E-state index contributed by atoms with van der Waals surface area (Å²) in [6.07, 6.45) is 4.23. The van der Waals surface area contributed by atoms with E-state index in [0.29, 0.717) is 4.60 Å². The molecule has 1 amide bonds. The summed E-state index contributed by atoms with van der Waals surface area (Å²) in [6, 6.07) is 1.70. The lowest BCUT2D eigenvalue weighted by Gasteiger charge is -2.13. The number of hydrogen-bond donors (Lipinski definition) is 2. The Hall–Kier alpha value is -1.30. The van der Waals surface area contributed by atoms with Gasteiger partial charge in [-0.05, 0) is 28.8 Å². The lowest BCUT2D eigenvalue weighted by Crippen LogP contribution is -2.33. The van der Waals surface area contributed by atoms with Crippen LogP contribution in [0.25, 0.3) is 0 Å². The van der Waals surface area contributed by atoms with E-state index in [1.807, 2.05) is 0 Å². The Morgan fingerprint density at radius 2 is 2.22 bits per heavy atom. The molecule has 0 spiro atoms. The Kier molecular flexibility index (Phi) is 4.06. The number of carbonyl (C=O) groups is 1. The van der Waals surface area contributed by atoms with Gasteiger partial charge in [0.25, 0.3) is 5.91 Å². The second-order valence-corrected chi connectivity index (χ2v) is 5.11. The molecule has 1 aliphatic carbocycles. The fourth-order valence-electron chi connectivity index (χ4n) is 2.12. The van der Waals surface area contributed by atoms with E-state index in [1.54, 1.807) is 0 Å². The van der Waals surface area contributed by atoms with Crippen LogP contribution in [0.3, 0.4) is 0 Å². The molecule has 1 aliphatic rings. The number of nitrogens with one attached hydrogen (secondary N) is 1. The molecule has 1 fully saturated rings. The van der Waals surface area contributed by atoms with Crippen LogP contribution >= 0.6 is 15.9 Å². The first-order valence-electron chi connectivity index (χ1n) is 5.86. The van der Waals surface area contributed by atoms with E-state index in [2.05, 4.69) is 26.2 Å². The predicted octanol–water partition coefficient (Wildman–Crippen LogP) is 2.23. The Labute approximate surface area is 114 Å². The average molecular weight is 315 g/mol. The second-order valence-electron chi connectivity index (χ2n) is 4.30. The summed E-state index contributed by atoms with van der Waals surface area (Å²) in [7, 11) is 1.43. The molecule has 0 aromatic carbocycles. The summed E-state index contributed by atoms with van der Waals surface area (Å²) in [4.78, 5) is 16.0. The van der Waals surface area contributed by atoms with Crippen molar-refractivity contribution in [2.45, 2.75) is 31.7 Å². The van der Waals surface area contributed by atoms with Crippen LogP contribution in [-0.2, 0) is 0 Å². The lowest BCUT2D eigenvalue weighted by atomic mass is 10.2. The Morgan fingerprint density at radius 3 is 2.83 bits per heavy atom. The number of ether oxygens (including phenoxy) is 1. The minimum absolute atomic E-state index is 0.00637. The van der Waals surface area contributed by atoms with Gasteiger partial charge in [0.05, 0.1) is 7.11 Å². The van der Waals surface area contributed by atoms with E-state index in [9.17, 15) is 9.90 Å². The molecule has 0 saturated heterocycles. The van der Waals surface area contributed by atoms with E-state index in [1.165, 1.54) is 13.2 Å². The van der Waals surface area contributed by atoms with Crippen molar-refractivity contribution in [2.24, 2.45) is 0 Å². The first kappa shape index (κ1) is 13.1. The number of pyridine rings is 1. The first-order valence-corrected chi connectivity index (χ1v) is 6.65. The maximum absolute atomic E-state index is 12.0. The third-order valence-electron chi connectivity index (χ3n) is 3.05. The molecule has 0 unspecified atom stereocenters. The number of aromatic nitrogens is 1. The number of rotatable bonds is 3. The number of halogens is 1. The number of nitrogens with zero attached hydrogens (tertiary/aromatic N) is 1. The number of carbonyl (C=O) groups excluding carboxylic acids is 1. The summed E-state index contributed by atoms with van der Waals surface area (Å²) < 4.78 is 5.44. The molecule has 18 heavy (non-hydrogen) atoms. The second kappa shape index (κ2) is 5.56. The Morgan fingerprint density at radius 1 is 1.56 bits per heavy atom. The molecule has 0 radical (unpaired) electrons. The van der Waals surface area contributed by atoms with Gasteiger partial charge in [-0.1, -0.05) is 12.8 Å². The number of aromatic hydroxyl groups is 1. The first-order chi connectivity index (χ1) is 8.61. The molecular formula is C12H15BrN2O3. The van der Waals surface area contributed by atoms with Crippen molar-refractivity contribution in [2.75, 3.05) is 7.11 Å². The maximum atomic E-state index is 12.0. The van der Waals surface area contributed by atoms with Crippen LogP contribution in [0, 0.1) is 0 Å². The zero-order chi connectivity index (χ0) is 13.1. The standard InChI is InChI=1S/C12H15BrN2O3/c1-18-8-6-9(13)15-10(11(8)16)12(17)14-7-4-2-3-5-7/h6-7,16H,2-5H2,1H3,(H,14,17). The predicted molar refractivity (Wildman–Crippen MR) is 69.9 cm³/mol. The highest BCUT2D eigenvalue weighted by Gasteiger charge is 2.23. The van der Waals surface area contributed by atoms with Crippen molar-refractivity contribution in [3.8, 4) is 11.5 Å². The van der Waals surface area contributed by atoms with Gasteiger partial charge in [0, 0.05) is 12.1 Å². The Bertz CT molecular complexity index is 459. The van der Waals surface area contributed by atoms with Crippen LogP contribution in [0.1, 0.15) is 36.2 Å². The molecule has 1 aromatic rings. The van der Waals surface area contributed by atoms with E-state index < -0.39 is 0 Å². The van der Waals surface area contributed by atoms with Crippen LogP contribution in [0.2, 0.25) is 0 Å². The Balaban J connectivity index is 2.20. The third-order valence-corrected chi connectivity index (χ3v) is 3.46. The monoisotopic (exact) mass is 314 g/mol. The molecule has 0 bridgehead atoms. The molecule has 1 aromatic heterocycles. The van der Waals surface area contributed by atoms with E-state index >= 15 is 0 Å². The zero-order valence-corrected chi connectivity index (χ0v) is 11.7.